The molecule has 0 unspecified atom stereocenters. The summed E-state index contributed by atoms with van der Waals surface area (Å²) in [5.74, 6) is 0. The van der Waals surface area contributed by atoms with Gasteiger partial charge in [-0.15, -0.1) is 0 Å². The molecule has 0 nitrogen and oxygen atoms in total. The largest absolute Gasteiger partial charge is 2.00 e. The zero-order valence-corrected chi connectivity index (χ0v) is 13.3. The van der Waals surface area contributed by atoms with Crippen molar-refractivity contribution >= 4 is 23.1 Å². The fourth-order valence-corrected chi connectivity index (χ4v) is 1.70. The number of hydrogen-bond donors (Lipinski definition) is 0. The number of unbranched alkanes of at least 4 members (excludes halogenated alkanes) is 5. The summed E-state index contributed by atoms with van der Waals surface area (Å²) in [6.07, 6.45) is 9.54. The predicted octanol–water partition coefficient (Wildman–Crippen LogP) is 1.01. The summed E-state index contributed by atoms with van der Waals surface area (Å²) in [4.78, 5) is 0. The Hall–Kier alpha value is 0.466. The van der Waals surface area contributed by atoms with Crippen LogP contribution in [0, 0.1) is 6.07 Å². The quantitative estimate of drug-likeness (QED) is 0.400. The molecule has 0 saturated heterocycles. The Labute approximate surface area is 127 Å². The van der Waals surface area contributed by atoms with Gasteiger partial charge in [-0.3, -0.25) is 0 Å². The monoisotopic (exact) mass is 292 g/mol. The maximum absolute atomic E-state index is 3.05. The van der Waals surface area contributed by atoms with E-state index in [1.807, 2.05) is 12.1 Å². The van der Waals surface area contributed by atoms with Crippen LogP contribution in [0.15, 0.2) is 24.3 Å². The molecule has 0 aliphatic carbocycles. The molecule has 0 spiro atoms. The average molecular weight is 294 g/mol. The molecule has 0 fully saturated rings. The van der Waals surface area contributed by atoms with E-state index in [0.29, 0.717) is 0 Å². The van der Waals surface area contributed by atoms with Gasteiger partial charge in [0.15, 0.2) is 0 Å². The minimum atomic E-state index is 0. The van der Waals surface area contributed by atoms with E-state index < -0.39 is 0 Å². The minimum absolute atomic E-state index is 0. The molecule has 0 aromatic heterocycles. The van der Waals surface area contributed by atoms with Crippen LogP contribution in [0.3, 0.4) is 0 Å². The van der Waals surface area contributed by atoms with E-state index >= 15 is 0 Å². The Bertz CT molecular complexity index is 223. The molecule has 0 amide bonds. The molecule has 1 aromatic carbocycles. The number of rotatable bonds is 7. The van der Waals surface area contributed by atoms with Gasteiger partial charge in [0.2, 0.25) is 0 Å². The van der Waals surface area contributed by atoms with Crippen molar-refractivity contribution in [2.45, 2.75) is 51.9 Å². The van der Waals surface area contributed by atoms with Crippen LogP contribution in [-0.2, 0) is 6.42 Å². The second-order valence-electron chi connectivity index (χ2n) is 3.93. The summed E-state index contributed by atoms with van der Waals surface area (Å²) in [7, 11) is 0. The molecule has 1 rings (SSSR count). The van der Waals surface area contributed by atoms with Crippen LogP contribution >= 0.6 is 0 Å². The molecule has 0 aliphatic heterocycles. The minimum Gasteiger partial charge on any atom is -1.00 e. The van der Waals surface area contributed by atoms with Crippen LogP contribution in [0.1, 0.15) is 51.0 Å². The van der Waals surface area contributed by atoms with E-state index in [0.717, 1.165) is 0 Å². The zero-order chi connectivity index (χ0) is 10.1. The van der Waals surface area contributed by atoms with Crippen molar-refractivity contribution in [2.75, 3.05) is 0 Å². The van der Waals surface area contributed by atoms with Gasteiger partial charge < -0.3 is 17.0 Å². The van der Waals surface area contributed by atoms with Crippen LogP contribution in [0.5, 0.6) is 0 Å². The molecule has 0 atom stereocenters. The Morgan fingerprint density at radius 2 is 1.50 bits per heavy atom. The SMILES string of the molecule is CCCCCCCCc1cc[c-]cc1.[Br-].[Mg+2]. The second kappa shape index (κ2) is 13.5. The van der Waals surface area contributed by atoms with Crippen molar-refractivity contribution in [1.82, 2.24) is 0 Å². The topological polar surface area (TPSA) is 0 Å². The molecule has 0 saturated carbocycles. The van der Waals surface area contributed by atoms with Crippen molar-refractivity contribution in [3.05, 3.63) is 35.9 Å². The van der Waals surface area contributed by atoms with Crippen LogP contribution in [0.2, 0.25) is 0 Å². The maximum atomic E-state index is 3.05. The van der Waals surface area contributed by atoms with E-state index in [4.69, 9.17) is 0 Å². The summed E-state index contributed by atoms with van der Waals surface area (Å²) in [6, 6.07) is 11.4. The second-order valence-corrected chi connectivity index (χ2v) is 3.93. The third-order valence-electron chi connectivity index (χ3n) is 2.61. The first kappa shape index (κ1) is 18.8. The Morgan fingerprint density at radius 3 is 2.12 bits per heavy atom. The van der Waals surface area contributed by atoms with Crippen molar-refractivity contribution in [1.29, 1.82) is 0 Å². The van der Waals surface area contributed by atoms with Crippen LogP contribution in [0.4, 0.5) is 0 Å². The number of hydrogen-bond acceptors (Lipinski definition) is 0. The Morgan fingerprint density at radius 1 is 0.938 bits per heavy atom. The van der Waals surface area contributed by atoms with E-state index in [1.54, 1.807) is 0 Å². The molecule has 0 radical (unpaired) electrons. The van der Waals surface area contributed by atoms with Crippen LogP contribution in [0.25, 0.3) is 0 Å². The summed E-state index contributed by atoms with van der Waals surface area (Å²) in [6.45, 7) is 2.26. The van der Waals surface area contributed by atoms with Crippen molar-refractivity contribution in [3.8, 4) is 0 Å². The molecule has 16 heavy (non-hydrogen) atoms. The third kappa shape index (κ3) is 9.68. The van der Waals surface area contributed by atoms with Crippen molar-refractivity contribution in [3.63, 3.8) is 0 Å². The Balaban J connectivity index is 0. The molecule has 0 aliphatic rings. The summed E-state index contributed by atoms with van der Waals surface area (Å²) in [5.41, 5.74) is 1.46. The van der Waals surface area contributed by atoms with E-state index in [2.05, 4.69) is 25.1 Å². The first-order chi connectivity index (χ1) is 6.93. The molecule has 0 bridgehead atoms. The van der Waals surface area contributed by atoms with Gasteiger partial charge in [0.05, 0.1) is 0 Å². The number of benzene rings is 1. The fourth-order valence-electron chi connectivity index (χ4n) is 1.70. The van der Waals surface area contributed by atoms with Gasteiger partial charge in [0, 0.05) is 0 Å². The summed E-state index contributed by atoms with van der Waals surface area (Å²) in [5, 5.41) is 0. The van der Waals surface area contributed by atoms with Gasteiger partial charge in [0.1, 0.15) is 0 Å². The predicted molar refractivity (Wildman–Crippen MR) is 68.1 cm³/mol. The van der Waals surface area contributed by atoms with E-state index in [9.17, 15) is 0 Å². The molecule has 1 aromatic rings. The van der Waals surface area contributed by atoms with Gasteiger partial charge >= 0.3 is 23.1 Å². The normalized spacial score (nSPS) is 9.06. The third-order valence-corrected chi connectivity index (χ3v) is 2.61. The van der Waals surface area contributed by atoms with Gasteiger partial charge in [-0.1, -0.05) is 51.9 Å². The molecular formula is C14H21BrMg. The molecular weight excluding hydrogens is 272 g/mol. The number of aryl methyl sites for hydroxylation is 1. The van der Waals surface area contributed by atoms with Gasteiger partial charge in [0.25, 0.3) is 0 Å². The number of halogens is 1. The van der Waals surface area contributed by atoms with Gasteiger partial charge in [-0.05, 0) is 0 Å². The molecule has 86 valence electrons. The first-order valence-electron chi connectivity index (χ1n) is 5.88. The van der Waals surface area contributed by atoms with Crippen LogP contribution < -0.4 is 17.0 Å². The first-order valence-corrected chi connectivity index (χ1v) is 5.88. The zero-order valence-electron chi connectivity index (χ0n) is 10.3. The standard InChI is InChI=1S/C14H21.BrH.Mg/c1-2-3-4-5-6-8-11-14-12-9-7-10-13-14;;/h9-10,12-13H,2-6,8,11H2,1H3;1H;/q-1;;+2/p-1. The smallest absolute Gasteiger partial charge is 1.00 e. The van der Waals surface area contributed by atoms with Gasteiger partial charge in [-0.2, -0.15) is 35.9 Å². The van der Waals surface area contributed by atoms with E-state index in [1.165, 1.54) is 50.5 Å². The van der Waals surface area contributed by atoms with E-state index in [-0.39, 0.29) is 40.0 Å². The summed E-state index contributed by atoms with van der Waals surface area (Å²) < 4.78 is 0. The molecule has 0 heterocycles. The maximum Gasteiger partial charge on any atom is 2.00 e. The van der Waals surface area contributed by atoms with Crippen molar-refractivity contribution < 1.29 is 17.0 Å². The average Bonchev–Trinajstić information content (AvgIpc) is 2.25. The molecule has 0 N–H and O–H groups in total. The van der Waals surface area contributed by atoms with Crippen molar-refractivity contribution in [2.24, 2.45) is 0 Å². The van der Waals surface area contributed by atoms with Gasteiger partial charge in [-0.25, -0.2) is 0 Å². The fraction of sp³-hybridized carbons (Fsp3) is 0.571. The summed E-state index contributed by atoms with van der Waals surface area (Å²) >= 11 is 0. The van der Waals surface area contributed by atoms with Crippen LogP contribution in [-0.4, -0.2) is 23.1 Å². The Kier molecular flexibility index (Phi) is 15.9. The molecule has 2 heteroatoms.